The molecule has 0 unspecified atom stereocenters. The normalized spacial score (nSPS) is 10.4. The SMILES string of the molecule is CC(=O)Nc1ccc(NC(=O)c2cc(NCCC(C)C)ccn2)cc1. The second kappa shape index (κ2) is 8.82. The number of pyridine rings is 1. The van der Waals surface area contributed by atoms with Gasteiger partial charge < -0.3 is 16.0 Å². The predicted octanol–water partition coefficient (Wildman–Crippen LogP) is 3.75. The van der Waals surface area contributed by atoms with Crippen LogP contribution in [0.5, 0.6) is 0 Å². The molecule has 6 nitrogen and oxygen atoms in total. The minimum absolute atomic E-state index is 0.136. The second-order valence-electron chi connectivity index (χ2n) is 6.25. The Hall–Kier alpha value is -2.89. The van der Waals surface area contributed by atoms with Crippen molar-refractivity contribution in [2.45, 2.75) is 27.2 Å². The van der Waals surface area contributed by atoms with E-state index in [-0.39, 0.29) is 11.8 Å². The average Bonchev–Trinajstić information content (AvgIpc) is 2.56. The zero-order valence-corrected chi connectivity index (χ0v) is 14.8. The van der Waals surface area contributed by atoms with Crippen LogP contribution in [0.2, 0.25) is 0 Å². The van der Waals surface area contributed by atoms with Crippen molar-refractivity contribution >= 4 is 28.9 Å². The second-order valence-corrected chi connectivity index (χ2v) is 6.25. The molecule has 0 saturated carbocycles. The van der Waals surface area contributed by atoms with Crippen LogP contribution in [0.1, 0.15) is 37.7 Å². The van der Waals surface area contributed by atoms with Crippen LogP contribution in [0, 0.1) is 5.92 Å². The molecule has 0 bridgehead atoms. The zero-order chi connectivity index (χ0) is 18.2. The highest BCUT2D eigenvalue weighted by molar-refractivity contribution is 6.03. The lowest BCUT2D eigenvalue weighted by Crippen LogP contribution is -2.14. The van der Waals surface area contributed by atoms with E-state index in [1.54, 1.807) is 36.5 Å². The molecule has 3 N–H and O–H groups in total. The van der Waals surface area contributed by atoms with Crippen molar-refractivity contribution in [3.63, 3.8) is 0 Å². The highest BCUT2D eigenvalue weighted by Gasteiger charge is 2.09. The molecule has 2 amide bonds. The summed E-state index contributed by atoms with van der Waals surface area (Å²) in [6.07, 6.45) is 2.68. The van der Waals surface area contributed by atoms with Crippen LogP contribution in [0.25, 0.3) is 0 Å². The molecule has 2 rings (SSSR count). The minimum Gasteiger partial charge on any atom is -0.385 e. The summed E-state index contributed by atoms with van der Waals surface area (Å²) in [5.41, 5.74) is 2.54. The molecule has 0 fully saturated rings. The summed E-state index contributed by atoms with van der Waals surface area (Å²) in [5, 5.41) is 8.78. The van der Waals surface area contributed by atoms with Crippen LogP contribution in [-0.2, 0) is 4.79 Å². The Morgan fingerprint density at radius 1 is 1.00 bits per heavy atom. The summed E-state index contributed by atoms with van der Waals surface area (Å²) < 4.78 is 0. The Kier molecular flexibility index (Phi) is 6.51. The van der Waals surface area contributed by atoms with Crippen molar-refractivity contribution in [2.24, 2.45) is 5.92 Å². The molecular formula is C19H24N4O2. The van der Waals surface area contributed by atoms with Gasteiger partial charge in [-0.3, -0.25) is 14.6 Å². The van der Waals surface area contributed by atoms with Gasteiger partial charge in [-0.2, -0.15) is 0 Å². The number of amides is 2. The Balaban J connectivity index is 1.97. The van der Waals surface area contributed by atoms with Crippen LogP contribution in [0.3, 0.4) is 0 Å². The molecule has 0 aliphatic carbocycles. The molecule has 0 saturated heterocycles. The van der Waals surface area contributed by atoms with E-state index in [9.17, 15) is 9.59 Å². The van der Waals surface area contributed by atoms with Crippen molar-refractivity contribution < 1.29 is 9.59 Å². The fourth-order valence-corrected chi connectivity index (χ4v) is 2.21. The summed E-state index contributed by atoms with van der Waals surface area (Å²) in [4.78, 5) is 27.5. The van der Waals surface area contributed by atoms with Crippen LogP contribution in [0.15, 0.2) is 42.6 Å². The summed E-state index contributed by atoms with van der Waals surface area (Å²) >= 11 is 0. The quantitative estimate of drug-likeness (QED) is 0.717. The van der Waals surface area contributed by atoms with Gasteiger partial charge >= 0.3 is 0 Å². The maximum absolute atomic E-state index is 12.3. The third-order valence-electron chi connectivity index (χ3n) is 3.51. The third kappa shape index (κ3) is 6.25. The molecule has 2 aromatic rings. The lowest BCUT2D eigenvalue weighted by atomic mass is 10.1. The number of carbonyl (C=O) groups is 2. The van der Waals surface area contributed by atoms with Gasteiger partial charge in [-0.05, 0) is 48.7 Å². The van der Waals surface area contributed by atoms with Crippen molar-refractivity contribution in [3.05, 3.63) is 48.3 Å². The zero-order valence-electron chi connectivity index (χ0n) is 14.8. The van der Waals surface area contributed by atoms with E-state index in [1.165, 1.54) is 6.92 Å². The maximum Gasteiger partial charge on any atom is 0.274 e. The first-order valence-electron chi connectivity index (χ1n) is 8.33. The topological polar surface area (TPSA) is 83.1 Å². The van der Waals surface area contributed by atoms with E-state index in [1.807, 2.05) is 6.07 Å². The summed E-state index contributed by atoms with van der Waals surface area (Å²) in [6.45, 7) is 6.64. The number of anilines is 3. The Morgan fingerprint density at radius 2 is 1.64 bits per heavy atom. The van der Waals surface area contributed by atoms with Gasteiger partial charge in [-0.25, -0.2) is 0 Å². The van der Waals surface area contributed by atoms with E-state index < -0.39 is 0 Å². The smallest absolute Gasteiger partial charge is 0.274 e. The number of carbonyl (C=O) groups excluding carboxylic acids is 2. The van der Waals surface area contributed by atoms with Gasteiger partial charge in [-0.15, -0.1) is 0 Å². The lowest BCUT2D eigenvalue weighted by molar-refractivity contribution is -0.114. The lowest BCUT2D eigenvalue weighted by Gasteiger charge is -2.10. The first-order chi connectivity index (χ1) is 11.9. The fourth-order valence-electron chi connectivity index (χ4n) is 2.21. The molecule has 132 valence electrons. The third-order valence-corrected chi connectivity index (χ3v) is 3.51. The number of benzene rings is 1. The molecule has 0 spiro atoms. The predicted molar refractivity (Wildman–Crippen MR) is 101 cm³/mol. The standard InChI is InChI=1S/C19H24N4O2/c1-13(2)8-10-20-17-9-11-21-18(12-17)19(25)23-16-6-4-15(5-7-16)22-14(3)24/h4-7,9,11-13H,8,10H2,1-3H3,(H,20,21)(H,22,24)(H,23,25). The number of nitrogens with one attached hydrogen (secondary N) is 3. The highest BCUT2D eigenvalue weighted by Crippen LogP contribution is 2.15. The van der Waals surface area contributed by atoms with E-state index in [0.29, 0.717) is 23.0 Å². The molecule has 1 aromatic carbocycles. The monoisotopic (exact) mass is 340 g/mol. The van der Waals surface area contributed by atoms with Crippen LogP contribution in [0.4, 0.5) is 17.1 Å². The number of hydrogen-bond acceptors (Lipinski definition) is 4. The largest absolute Gasteiger partial charge is 0.385 e. The van der Waals surface area contributed by atoms with Crippen LogP contribution < -0.4 is 16.0 Å². The van der Waals surface area contributed by atoms with Crippen molar-refractivity contribution in [1.82, 2.24) is 4.98 Å². The number of nitrogens with zero attached hydrogens (tertiary/aromatic N) is 1. The van der Waals surface area contributed by atoms with Gasteiger partial charge in [0.25, 0.3) is 5.91 Å². The molecular weight excluding hydrogens is 316 g/mol. The van der Waals surface area contributed by atoms with Gasteiger partial charge in [0.05, 0.1) is 0 Å². The van der Waals surface area contributed by atoms with Crippen LogP contribution in [-0.4, -0.2) is 23.3 Å². The Bertz CT molecular complexity index is 726. The molecule has 0 radical (unpaired) electrons. The number of hydrogen-bond donors (Lipinski definition) is 3. The average molecular weight is 340 g/mol. The van der Waals surface area contributed by atoms with Gasteiger partial charge in [0.15, 0.2) is 0 Å². The van der Waals surface area contributed by atoms with E-state index in [0.717, 1.165) is 18.7 Å². The van der Waals surface area contributed by atoms with Crippen molar-refractivity contribution in [2.75, 3.05) is 22.5 Å². The van der Waals surface area contributed by atoms with E-state index >= 15 is 0 Å². The van der Waals surface area contributed by atoms with Crippen molar-refractivity contribution in [1.29, 1.82) is 0 Å². The molecule has 0 aliphatic heterocycles. The molecule has 1 aromatic heterocycles. The minimum atomic E-state index is -0.278. The van der Waals surface area contributed by atoms with E-state index in [2.05, 4.69) is 34.8 Å². The highest BCUT2D eigenvalue weighted by atomic mass is 16.2. The van der Waals surface area contributed by atoms with Gasteiger partial charge in [0, 0.05) is 36.7 Å². The van der Waals surface area contributed by atoms with Gasteiger partial charge in [-0.1, -0.05) is 13.8 Å². The maximum atomic E-state index is 12.3. The first-order valence-corrected chi connectivity index (χ1v) is 8.33. The number of aromatic nitrogens is 1. The Labute approximate surface area is 148 Å². The Morgan fingerprint density at radius 3 is 2.24 bits per heavy atom. The van der Waals surface area contributed by atoms with Gasteiger partial charge in [0.1, 0.15) is 5.69 Å². The van der Waals surface area contributed by atoms with Crippen molar-refractivity contribution in [3.8, 4) is 0 Å². The molecule has 0 atom stereocenters. The molecule has 25 heavy (non-hydrogen) atoms. The first kappa shape index (κ1) is 18.4. The summed E-state index contributed by atoms with van der Waals surface area (Å²) in [6, 6.07) is 10.5. The molecule has 1 heterocycles. The van der Waals surface area contributed by atoms with Crippen LogP contribution >= 0.6 is 0 Å². The number of rotatable bonds is 7. The fraction of sp³-hybridized carbons (Fsp3) is 0.316. The van der Waals surface area contributed by atoms with Gasteiger partial charge in [0.2, 0.25) is 5.91 Å². The van der Waals surface area contributed by atoms with E-state index in [4.69, 9.17) is 0 Å². The molecule has 6 heteroatoms. The molecule has 0 aliphatic rings. The summed E-state index contributed by atoms with van der Waals surface area (Å²) in [7, 11) is 0. The summed E-state index contributed by atoms with van der Waals surface area (Å²) in [5.74, 6) is 0.208.